The third kappa shape index (κ3) is 3.71. The smallest absolute Gasteiger partial charge is 0.408 e. The largest absolute Gasteiger partial charge is 0.481 e. The summed E-state index contributed by atoms with van der Waals surface area (Å²) in [7, 11) is 2.24. The second-order valence-corrected chi connectivity index (χ2v) is 4.45. The molecule has 0 aromatic heterocycles. The third-order valence-corrected chi connectivity index (χ3v) is 3.00. The van der Waals surface area contributed by atoms with Gasteiger partial charge in [0.2, 0.25) is 0 Å². The van der Waals surface area contributed by atoms with Crippen molar-refractivity contribution in [3.63, 3.8) is 0 Å². The molecule has 114 valence electrons. The van der Waals surface area contributed by atoms with Crippen molar-refractivity contribution in [3.8, 4) is 0 Å². The van der Waals surface area contributed by atoms with Crippen LogP contribution in [0.5, 0.6) is 0 Å². The molecule has 7 heteroatoms. The van der Waals surface area contributed by atoms with E-state index in [-0.39, 0.29) is 0 Å². The van der Waals surface area contributed by atoms with E-state index in [0.29, 0.717) is 5.56 Å². The van der Waals surface area contributed by atoms with Crippen LogP contribution in [0.3, 0.4) is 0 Å². The highest BCUT2D eigenvalue weighted by molar-refractivity contribution is 5.91. The third-order valence-electron chi connectivity index (χ3n) is 3.00. The van der Waals surface area contributed by atoms with Crippen molar-refractivity contribution >= 4 is 18.0 Å². The van der Waals surface area contributed by atoms with Crippen LogP contribution < -0.4 is 5.32 Å². The van der Waals surface area contributed by atoms with Gasteiger partial charge in [-0.2, -0.15) is 0 Å². The van der Waals surface area contributed by atoms with Gasteiger partial charge in [0.15, 0.2) is 5.54 Å². The van der Waals surface area contributed by atoms with E-state index < -0.39 is 30.0 Å². The standard InChI is InChI=1S/C14H17NO6/c1-9-4-6-10(7-5-9)14(8-11(16)17,12(18)20-2)15-13(19)21-3/h4-7H,8H2,1-3H3,(H,15,19)(H,16,17)/t14-/m0/s1. The first-order chi connectivity index (χ1) is 9.85. The van der Waals surface area contributed by atoms with Gasteiger partial charge in [-0.1, -0.05) is 29.8 Å². The highest BCUT2D eigenvalue weighted by atomic mass is 16.5. The van der Waals surface area contributed by atoms with Crippen LogP contribution in [-0.2, 0) is 24.6 Å². The molecular formula is C14H17NO6. The van der Waals surface area contributed by atoms with E-state index in [1.54, 1.807) is 24.3 Å². The molecule has 7 nitrogen and oxygen atoms in total. The topological polar surface area (TPSA) is 102 Å². The van der Waals surface area contributed by atoms with E-state index in [2.05, 4.69) is 14.8 Å². The van der Waals surface area contributed by atoms with Crippen LogP contribution in [0.2, 0.25) is 0 Å². The molecule has 0 aliphatic rings. The number of ether oxygens (including phenoxy) is 2. The number of aryl methyl sites for hydroxylation is 1. The molecule has 0 unspecified atom stereocenters. The zero-order valence-electron chi connectivity index (χ0n) is 12.0. The van der Waals surface area contributed by atoms with Crippen LogP contribution in [0.1, 0.15) is 17.5 Å². The van der Waals surface area contributed by atoms with E-state index in [0.717, 1.165) is 19.8 Å². The first-order valence-corrected chi connectivity index (χ1v) is 6.09. The number of aliphatic carboxylic acids is 1. The zero-order chi connectivity index (χ0) is 16.0. The van der Waals surface area contributed by atoms with Gasteiger partial charge >= 0.3 is 18.0 Å². The Morgan fingerprint density at radius 3 is 2.14 bits per heavy atom. The van der Waals surface area contributed by atoms with E-state index in [1.165, 1.54) is 0 Å². The van der Waals surface area contributed by atoms with Crippen LogP contribution in [0.25, 0.3) is 0 Å². The molecule has 0 bridgehead atoms. The molecule has 1 aromatic rings. The van der Waals surface area contributed by atoms with Gasteiger partial charge in [0.05, 0.1) is 20.6 Å². The van der Waals surface area contributed by atoms with Crippen molar-refractivity contribution < 1.29 is 29.0 Å². The summed E-state index contributed by atoms with van der Waals surface area (Å²) in [4.78, 5) is 34.8. The molecule has 1 amide bonds. The number of hydrogen-bond acceptors (Lipinski definition) is 5. The van der Waals surface area contributed by atoms with Crippen molar-refractivity contribution in [2.45, 2.75) is 18.9 Å². The van der Waals surface area contributed by atoms with E-state index >= 15 is 0 Å². The molecule has 0 spiro atoms. The van der Waals surface area contributed by atoms with Crippen LogP contribution >= 0.6 is 0 Å². The Hall–Kier alpha value is -2.57. The number of alkyl carbamates (subject to hydrolysis) is 1. The van der Waals surface area contributed by atoms with Crippen molar-refractivity contribution in [2.24, 2.45) is 0 Å². The summed E-state index contributed by atoms with van der Waals surface area (Å²) in [5.74, 6) is -2.16. The summed E-state index contributed by atoms with van der Waals surface area (Å²) in [5.41, 5.74) is -0.625. The Morgan fingerprint density at radius 2 is 1.71 bits per heavy atom. The Bertz CT molecular complexity index is 539. The normalized spacial score (nSPS) is 12.9. The fourth-order valence-electron chi connectivity index (χ4n) is 1.92. The number of nitrogens with one attached hydrogen (secondary N) is 1. The number of carboxylic acid groups (broad SMARTS) is 1. The van der Waals surface area contributed by atoms with Gasteiger partial charge < -0.3 is 19.9 Å². The average molecular weight is 295 g/mol. The highest BCUT2D eigenvalue weighted by Gasteiger charge is 2.45. The molecule has 21 heavy (non-hydrogen) atoms. The quantitative estimate of drug-likeness (QED) is 0.791. The summed E-state index contributed by atoms with van der Waals surface area (Å²) in [6.07, 6.45) is -1.60. The minimum absolute atomic E-state index is 0.299. The van der Waals surface area contributed by atoms with Crippen LogP contribution in [0.15, 0.2) is 24.3 Å². The predicted molar refractivity (Wildman–Crippen MR) is 72.7 cm³/mol. The van der Waals surface area contributed by atoms with Gasteiger partial charge in [-0.25, -0.2) is 9.59 Å². The van der Waals surface area contributed by atoms with Crippen LogP contribution in [-0.4, -0.2) is 37.4 Å². The molecule has 0 fully saturated rings. The van der Waals surface area contributed by atoms with Crippen LogP contribution in [0, 0.1) is 6.92 Å². The molecule has 1 atom stereocenters. The summed E-state index contributed by atoms with van der Waals surface area (Å²) in [5, 5.41) is 11.4. The van der Waals surface area contributed by atoms with Crippen LogP contribution in [0.4, 0.5) is 4.79 Å². The molecule has 0 saturated carbocycles. The summed E-state index contributed by atoms with van der Waals surface area (Å²) in [6, 6.07) is 6.53. The van der Waals surface area contributed by atoms with Crippen molar-refractivity contribution in [2.75, 3.05) is 14.2 Å². The van der Waals surface area contributed by atoms with E-state index in [1.807, 2.05) is 6.92 Å². The predicted octanol–water partition coefficient (Wildman–Crippen LogP) is 1.19. The maximum atomic E-state index is 12.2. The molecule has 0 radical (unpaired) electrons. The highest BCUT2D eigenvalue weighted by Crippen LogP contribution is 2.27. The van der Waals surface area contributed by atoms with Crippen molar-refractivity contribution in [3.05, 3.63) is 35.4 Å². The lowest BCUT2D eigenvalue weighted by molar-refractivity contribution is -0.154. The summed E-state index contributed by atoms with van der Waals surface area (Å²) < 4.78 is 9.15. The lowest BCUT2D eigenvalue weighted by atomic mass is 9.86. The van der Waals surface area contributed by atoms with E-state index in [4.69, 9.17) is 5.11 Å². The van der Waals surface area contributed by atoms with E-state index in [9.17, 15) is 14.4 Å². The average Bonchev–Trinajstić information content (AvgIpc) is 2.45. The second kappa shape index (κ2) is 6.74. The Balaban J connectivity index is 3.40. The lowest BCUT2D eigenvalue weighted by Crippen LogP contribution is -2.53. The monoisotopic (exact) mass is 295 g/mol. The Kier molecular flexibility index (Phi) is 5.29. The maximum Gasteiger partial charge on any atom is 0.408 e. The van der Waals surface area contributed by atoms with Gasteiger partial charge in [0.1, 0.15) is 0 Å². The first-order valence-electron chi connectivity index (χ1n) is 6.09. The number of methoxy groups -OCH3 is 2. The first kappa shape index (κ1) is 16.5. The number of hydrogen-bond donors (Lipinski definition) is 2. The van der Waals surface area contributed by atoms with Gasteiger partial charge in [-0.05, 0) is 12.5 Å². The van der Waals surface area contributed by atoms with Gasteiger partial charge in [-0.15, -0.1) is 0 Å². The second-order valence-electron chi connectivity index (χ2n) is 4.45. The zero-order valence-corrected chi connectivity index (χ0v) is 12.0. The van der Waals surface area contributed by atoms with Crippen molar-refractivity contribution in [1.82, 2.24) is 5.32 Å². The number of esters is 1. The molecular weight excluding hydrogens is 278 g/mol. The van der Waals surface area contributed by atoms with Gasteiger partial charge in [0, 0.05) is 0 Å². The molecule has 2 N–H and O–H groups in total. The summed E-state index contributed by atoms with van der Waals surface area (Å²) >= 11 is 0. The molecule has 0 heterocycles. The Morgan fingerprint density at radius 1 is 1.14 bits per heavy atom. The Labute approximate surface area is 121 Å². The number of carboxylic acids is 1. The molecule has 0 saturated heterocycles. The molecule has 0 aliphatic carbocycles. The molecule has 1 rings (SSSR count). The number of rotatable bonds is 5. The van der Waals surface area contributed by atoms with Gasteiger partial charge in [0.25, 0.3) is 0 Å². The number of benzene rings is 1. The minimum Gasteiger partial charge on any atom is -0.481 e. The SMILES string of the molecule is COC(=O)N[C@](CC(=O)O)(C(=O)OC)c1ccc(C)cc1. The lowest BCUT2D eigenvalue weighted by Gasteiger charge is -2.30. The number of carbonyl (C=O) groups is 3. The maximum absolute atomic E-state index is 12.2. The fourth-order valence-corrected chi connectivity index (χ4v) is 1.92. The molecule has 0 aliphatic heterocycles. The van der Waals surface area contributed by atoms with Gasteiger partial charge in [-0.3, -0.25) is 4.79 Å². The number of amides is 1. The number of carbonyl (C=O) groups excluding carboxylic acids is 2. The van der Waals surface area contributed by atoms with Crippen molar-refractivity contribution in [1.29, 1.82) is 0 Å². The fraction of sp³-hybridized carbons (Fsp3) is 0.357. The summed E-state index contributed by atoms with van der Waals surface area (Å²) in [6.45, 7) is 1.84. The minimum atomic E-state index is -1.85. The molecule has 1 aromatic carbocycles.